The smallest absolute Gasteiger partial charge is 0.255 e. The molecule has 0 unspecified atom stereocenters. The molecule has 208 valence electrons. The Hall–Kier alpha value is -4.97. The molecule has 0 spiro atoms. The first-order valence-corrected chi connectivity index (χ1v) is 13.3. The lowest BCUT2D eigenvalue weighted by Gasteiger charge is -2.15. The zero-order valence-corrected chi connectivity index (χ0v) is 22.9. The molecule has 0 aliphatic heterocycles. The second kappa shape index (κ2) is 11.6. The van der Waals surface area contributed by atoms with Gasteiger partial charge in [0.05, 0.1) is 23.2 Å². The van der Waals surface area contributed by atoms with Gasteiger partial charge >= 0.3 is 0 Å². The lowest BCUT2D eigenvalue weighted by atomic mass is 10.1. The number of pyridine rings is 1. The van der Waals surface area contributed by atoms with Crippen molar-refractivity contribution in [2.45, 2.75) is 13.1 Å². The van der Waals surface area contributed by atoms with Crippen molar-refractivity contribution < 1.29 is 18.4 Å². The fraction of sp³-hybridized carbons (Fsp3) is 0.138. The van der Waals surface area contributed by atoms with Crippen LogP contribution in [0.2, 0.25) is 0 Å². The minimum absolute atomic E-state index is 0.0447. The molecule has 5 rings (SSSR count). The number of hydrogen-bond donors (Lipinski definition) is 3. The van der Waals surface area contributed by atoms with Gasteiger partial charge in [0.15, 0.2) is 11.6 Å². The van der Waals surface area contributed by atoms with E-state index in [2.05, 4.69) is 25.6 Å². The molecular formula is C29H25F2N7O2S. The van der Waals surface area contributed by atoms with Crippen LogP contribution in [-0.2, 0) is 13.1 Å². The van der Waals surface area contributed by atoms with Crippen molar-refractivity contribution in [3.8, 4) is 10.4 Å². The van der Waals surface area contributed by atoms with E-state index in [-0.39, 0.29) is 29.4 Å². The number of benzene rings is 2. The summed E-state index contributed by atoms with van der Waals surface area (Å²) < 4.78 is 26.9. The normalized spacial score (nSPS) is 10.9. The van der Waals surface area contributed by atoms with Gasteiger partial charge in [-0.3, -0.25) is 9.59 Å². The van der Waals surface area contributed by atoms with Crippen LogP contribution >= 0.6 is 11.3 Å². The summed E-state index contributed by atoms with van der Waals surface area (Å²) in [4.78, 5) is 41.7. The van der Waals surface area contributed by atoms with E-state index in [0.717, 1.165) is 38.4 Å². The minimum atomic E-state index is -1.00. The van der Waals surface area contributed by atoms with Crippen LogP contribution in [-0.4, -0.2) is 45.8 Å². The lowest BCUT2D eigenvalue weighted by molar-refractivity contribution is 0.0827. The van der Waals surface area contributed by atoms with Crippen molar-refractivity contribution in [1.82, 2.24) is 25.2 Å². The lowest BCUT2D eigenvalue weighted by Crippen LogP contribution is -2.26. The summed E-state index contributed by atoms with van der Waals surface area (Å²) in [5.41, 5.74) is 8.51. The SMILES string of the molecule is CN(C)C(=O)c1cnc(NCc2ccc(-c3ccc4ncnc(N)c4c3)s2)c(C(=O)NCc2ccc(F)c(F)c2)c1. The average Bonchev–Trinajstić information content (AvgIpc) is 3.45. The molecule has 0 saturated carbocycles. The molecule has 0 saturated heterocycles. The molecular weight excluding hydrogens is 548 g/mol. The summed E-state index contributed by atoms with van der Waals surface area (Å²) in [5.74, 6) is -2.14. The summed E-state index contributed by atoms with van der Waals surface area (Å²) >= 11 is 1.56. The highest BCUT2D eigenvalue weighted by molar-refractivity contribution is 7.15. The Bertz CT molecular complexity index is 1770. The molecule has 0 bridgehead atoms. The van der Waals surface area contributed by atoms with Crippen molar-refractivity contribution >= 4 is 45.7 Å². The number of hydrogen-bond acceptors (Lipinski definition) is 8. The third-order valence-corrected chi connectivity index (χ3v) is 7.40. The fourth-order valence-electron chi connectivity index (χ4n) is 4.11. The van der Waals surface area contributed by atoms with Crippen LogP contribution in [0.3, 0.4) is 0 Å². The van der Waals surface area contributed by atoms with Gasteiger partial charge in [-0.1, -0.05) is 12.1 Å². The van der Waals surface area contributed by atoms with Crippen LogP contribution in [0.4, 0.5) is 20.4 Å². The molecule has 2 aromatic carbocycles. The Balaban J connectivity index is 1.35. The van der Waals surface area contributed by atoms with E-state index in [4.69, 9.17) is 5.73 Å². The number of nitrogen functional groups attached to an aromatic ring is 1. The third-order valence-electron chi connectivity index (χ3n) is 6.26. The Morgan fingerprint density at radius 1 is 0.951 bits per heavy atom. The molecule has 9 nitrogen and oxygen atoms in total. The van der Waals surface area contributed by atoms with Crippen molar-refractivity contribution in [2.75, 3.05) is 25.1 Å². The minimum Gasteiger partial charge on any atom is -0.383 e. The molecule has 3 heterocycles. The van der Waals surface area contributed by atoms with Gasteiger partial charge in [0.1, 0.15) is 18.0 Å². The number of nitrogens with two attached hydrogens (primary N) is 1. The van der Waals surface area contributed by atoms with Gasteiger partial charge in [-0.25, -0.2) is 23.7 Å². The number of rotatable bonds is 8. The molecule has 0 fully saturated rings. The van der Waals surface area contributed by atoms with E-state index in [0.29, 0.717) is 17.9 Å². The zero-order chi connectivity index (χ0) is 29.1. The topological polar surface area (TPSA) is 126 Å². The number of thiophene rings is 1. The maximum atomic E-state index is 13.6. The highest BCUT2D eigenvalue weighted by atomic mass is 32.1. The van der Waals surface area contributed by atoms with E-state index < -0.39 is 17.5 Å². The third kappa shape index (κ3) is 6.12. The second-order valence-electron chi connectivity index (χ2n) is 9.36. The average molecular weight is 574 g/mol. The summed E-state index contributed by atoms with van der Waals surface area (Å²) in [6.45, 7) is 0.317. The standard InChI is InChI=1S/C29H25F2N7O2S/c1-38(2)29(40)18-11-21(28(39)35-12-16-3-6-22(30)23(31)9-16)27(33-13-18)34-14-19-5-8-25(41-19)17-4-7-24-20(10-17)26(32)37-15-36-24/h3-11,13,15H,12,14H2,1-2H3,(H,33,34)(H,35,39)(H2,32,36,37). The van der Waals surface area contributed by atoms with E-state index in [1.54, 1.807) is 25.4 Å². The predicted molar refractivity (Wildman–Crippen MR) is 154 cm³/mol. The number of amides is 2. The molecule has 41 heavy (non-hydrogen) atoms. The van der Waals surface area contributed by atoms with Gasteiger partial charge in [-0.2, -0.15) is 0 Å². The first-order valence-electron chi connectivity index (χ1n) is 12.5. The summed E-state index contributed by atoms with van der Waals surface area (Å²) in [6.07, 6.45) is 2.83. The van der Waals surface area contributed by atoms with Crippen molar-refractivity contribution in [3.05, 3.63) is 100 Å². The Morgan fingerprint density at radius 3 is 2.56 bits per heavy atom. The first kappa shape index (κ1) is 27.6. The van der Waals surface area contributed by atoms with Crippen LogP contribution in [0, 0.1) is 11.6 Å². The Labute approximate surface area is 238 Å². The van der Waals surface area contributed by atoms with Crippen LogP contribution in [0.25, 0.3) is 21.3 Å². The summed E-state index contributed by atoms with van der Waals surface area (Å²) in [7, 11) is 3.20. The van der Waals surface area contributed by atoms with E-state index in [9.17, 15) is 18.4 Å². The summed E-state index contributed by atoms with van der Waals surface area (Å²) in [5, 5.41) is 6.65. The van der Waals surface area contributed by atoms with Gasteiger partial charge in [0.2, 0.25) is 0 Å². The molecule has 2 amide bonds. The number of fused-ring (bicyclic) bond motifs is 1. The molecule has 3 aromatic heterocycles. The summed E-state index contributed by atoms with van der Waals surface area (Å²) in [6, 6.07) is 14.6. The molecule has 5 aromatic rings. The second-order valence-corrected chi connectivity index (χ2v) is 10.5. The van der Waals surface area contributed by atoms with Crippen LogP contribution < -0.4 is 16.4 Å². The number of nitrogens with one attached hydrogen (secondary N) is 2. The number of anilines is 2. The van der Waals surface area contributed by atoms with Crippen LogP contribution in [0.15, 0.2) is 67.1 Å². The van der Waals surface area contributed by atoms with Gasteiger partial charge in [-0.15, -0.1) is 11.3 Å². The van der Waals surface area contributed by atoms with Gasteiger partial charge in [0.25, 0.3) is 11.8 Å². The van der Waals surface area contributed by atoms with Crippen molar-refractivity contribution in [2.24, 2.45) is 0 Å². The maximum absolute atomic E-state index is 13.6. The number of nitrogens with zero attached hydrogens (tertiary/aromatic N) is 4. The quantitative estimate of drug-likeness (QED) is 0.242. The number of carbonyl (C=O) groups is 2. The molecule has 0 aliphatic carbocycles. The van der Waals surface area contributed by atoms with E-state index in [1.807, 2.05) is 30.3 Å². The van der Waals surface area contributed by atoms with Gasteiger partial charge in [0, 0.05) is 42.0 Å². The highest BCUT2D eigenvalue weighted by Gasteiger charge is 2.18. The zero-order valence-electron chi connectivity index (χ0n) is 22.1. The van der Waals surface area contributed by atoms with Crippen molar-refractivity contribution in [3.63, 3.8) is 0 Å². The van der Waals surface area contributed by atoms with Gasteiger partial charge in [-0.05, 0) is 53.6 Å². The van der Waals surface area contributed by atoms with Gasteiger partial charge < -0.3 is 21.3 Å². The van der Waals surface area contributed by atoms with E-state index >= 15 is 0 Å². The largest absolute Gasteiger partial charge is 0.383 e. The molecule has 0 atom stereocenters. The molecule has 4 N–H and O–H groups in total. The van der Waals surface area contributed by atoms with Crippen molar-refractivity contribution in [1.29, 1.82) is 0 Å². The number of halogens is 2. The van der Waals surface area contributed by atoms with E-state index in [1.165, 1.54) is 29.6 Å². The molecule has 0 radical (unpaired) electrons. The highest BCUT2D eigenvalue weighted by Crippen LogP contribution is 2.31. The first-order chi connectivity index (χ1) is 19.7. The molecule has 0 aliphatic rings. The molecule has 12 heteroatoms. The Kier molecular flexibility index (Phi) is 7.83. The van der Waals surface area contributed by atoms with Crippen LogP contribution in [0.1, 0.15) is 31.2 Å². The van der Waals surface area contributed by atoms with Crippen LogP contribution in [0.5, 0.6) is 0 Å². The number of aromatic nitrogens is 3. The fourth-order valence-corrected chi connectivity index (χ4v) is 5.05. The Morgan fingerprint density at radius 2 is 1.78 bits per heavy atom. The predicted octanol–water partition coefficient (Wildman–Crippen LogP) is 4.86. The maximum Gasteiger partial charge on any atom is 0.255 e. The monoisotopic (exact) mass is 573 g/mol. The number of carbonyl (C=O) groups excluding carboxylic acids is 2.